The molecular formula is C24H25FN4O3. The van der Waals surface area contributed by atoms with E-state index in [2.05, 4.69) is 10.5 Å². The van der Waals surface area contributed by atoms with Gasteiger partial charge in [0.1, 0.15) is 11.5 Å². The molecule has 8 heteroatoms. The highest BCUT2D eigenvalue weighted by molar-refractivity contribution is 5.88. The van der Waals surface area contributed by atoms with Crippen LogP contribution in [-0.4, -0.2) is 52.9 Å². The van der Waals surface area contributed by atoms with E-state index in [1.165, 1.54) is 17.0 Å². The molecule has 2 amide bonds. The zero-order valence-corrected chi connectivity index (χ0v) is 17.8. The normalized spacial score (nSPS) is 16.6. The van der Waals surface area contributed by atoms with E-state index in [-0.39, 0.29) is 30.6 Å². The highest BCUT2D eigenvalue weighted by Crippen LogP contribution is 2.20. The third-order valence-corrected chi connectivity index (χ3v) is 5.53. The molecule has 7 nitrogen and oxygen atoms in total. The molecule has 0 saturated carbocycles. The summed E-state index contributed by atoms with van der Waals surface area (Å²) in [6.07, 6.45) is 0.0251. The maximum absolute atomic E-state index is 13.6. The molecular weight excluding hydrogens is 411 g/mol. The van der Waals surface area contributed by atoms with E-state index in [1.54, 1.807) is 13.1 Å². The van der Waals surface area contributed by atoms with Crippen LogP contribution >= 0.6 is 0 Å². The van der Waals surface area contributed by atoms with Crippen molar-refractivity contribution in [3.05, 3.63) is 77.8 Å². The number of nitrogens with zero attached hydrogens (tertiary/aromatic N) is 3. The minimum absolute atomic E-state index is 0.0251. The van der Waals surface area contributed by atoms with Gasteiger partial charge in [-0.15, -0.1) is 0 Å². The molecule has 2 aromatic carbocycles. The third-order valence-electron chi connectivity index (χ3n) is 5.53. The zero-order chi connectivity index (χ0) is 22.5. The summed E-state index contributed by atoms with van der Waals surface area (Å²) >= 11 is 0. The van der Waals surface area contributed by atoms with Crippen molar-refractivity contribution in [1.29, 1.82) is 0 Å². The molecule has 2 heterocycles. The van der Waals surface area contributed by atoms with Gasteiger partial charge < -0.3 is 14.7 Å². The Hall–Kier alpha value is -3.52. The Morgan fingerprint density at radius 1 is 1.22 bits per heavy atom. The molecule has 0 aliphatic carbocycles. The van der Waals surface area contributed by atoms with E-state index in [0.29, 0.717) is 31.1 Å². The van der Waals surface area contributed by atoms with Gasteiger partial charge in [0.05, 0.1) is 19.0 Å². The summed E-state index contributed by atoms with van der Waals surface area (Å²) in [5, 5.41) is 6.90. The molecule has 1 saturated heterocycles. The van der Waals surface area contributed by atoms with Gasteiger partial charge in [-0.3, -0.25) is 14.5 Å². The van der Waals surface area contributed by atoms with Crippen molar-refractivity contribution in [2.24, 2.45) is 0 Å². The van der Waals surface area contributed by atoms with Crippen molar-refractivity contribution >= 4 is 11.8 Å². The molecule has 1 fully saturated rings. The van der Waals surface area contributed by atoms with Crippen molar-refractivity contribution in [1.82, 2.24) is 20.3 Å². The first-order valence-electron chi connectivity index (χ1n) is 10.5. The Morgan fingerprint density at radius 3 is 2.81 bits per heavy atom. The van der Waals surface area contributed by atoms with Crippen LogP contribution in [-0.2, 0) is 22.7 Å². The molecule has 0 unspecified atom stereocenters. The van der Waals surface area contributed by atoms with Gasteiger partial charge in [0.2, 0.25) is 11.8 Å². The molecule has 1 atom stereocenters. The molecule has 0 spiro atoms. The number of hydrogen-bond donors (Lipinski definition) is 1. The number of aromatic nitrogens is 1. The SMILES string of the molecule is CN(Cc1cc(-c2ccccc2)no1)C(=O)C[C@@H]1C(=O)NCCN1Cc1cccc(F)c1. The highest BCUT2D eigenvalue weighted by atomic mass is 19.1. The van der Waals surface area contributed by atoms with E-state index in [9.17, 15) is 14.0 Å². The summed E-state index contributed by atoms with van der Waals surface area (Å²) in [4.78, 5) is 28.8. The number of halogens is 1. The van der Waals surface area contributed by atoms with Crippen LogP contribution in [0.1, 0.15) is 17.7 Å². The fourth-order valence-electron chi connectivity index (χ4n) is 3.82. The summed E-state index contributed by atoms with van der Waals surface area (Å²) in [6, 6.07) is 17.1. The highest BCUT2D eigenvalue weighted by Gasteiger charge is 2.32. The van der Waals surface area contributed by atoms with Gasteiger partial charge in [0.25, 0.3) is 0 Å². The van der Waals surface area contributed by atoms with Crippen LogP contribution in [0.4, 0.5) is 4.39 Å². The van der Waals surface area contributed by atoms with Crippen LogP contribution in [0.25, 0.3) is 11.3 Å². The molecule has 4 rings (SSSR count). The van der Waals surface area contributed by atoms with Gasteiger partial charge in [0.15, 0.2) is 5.76 Å². The Kier molecular flexibility index (Phi) is 6.61. The van der Waals surface area contributed by atoms with Crippen molar-refractivity contribution < 1.29 is 18.5 Å². The topological polar surface area (TPSA) is 78.7 Å². The Labute approximate surface area is 185 Å². The monoisotopic (exact) mass is 436 g/mol. The fourth-order valence-corrected chi connectivity index (χ4v) is 3.82. The van der Waals surface area contributed by atoms with Crippen molar-refractivity contribution in [2.75, 3.05) is 20.1 Å². The summed E-state index contributed by atoms with van der Waals surface area (Å²) in [5.74, 6) is -0.142. The summed E-state index contributed by atoms with van der Waals surface area (Å²) in [6.45, 7) is 1.73. The maximum atomic E-state index is 13.6. The van der Waals surface area contributed by atoms with Gasteiger partial charge in [-0.1, -0.05) is 47.6 Å². The van der Waals surface area contributed by atoms with Gasteiger partial charge >= 0.3 is 0 Å². The molecule has 1 aliphatic rings. The number of carbonyl (C=O) groups is 2. The molecule has 0 bridgehead atoms. The second-order valence-corrected chi connectivity index (χ2v) is 7.91. The van der Waals surface area contributed by atoms with Crippen LogP contribution in [0, 0.1) is 5.82 Å². The van der Waals surface area contributed by atoms with Crippen molar-refractivity contribution in [2.45, 2.75) is 25.6 Å². The van der Waals surface area contributed by atoms with E-state index in [4.69, 9.17) is 4.52 Å². The van der Waals surface area contributed by atoms with Gasteiger partial charge in [-0.2, -0.15) is 0 Å². The van der Waals surface area contributed by atoms with Crippen molar-refractivity contribution in [3.63, 3.8) is 0 Å². The molecule has 166 valence electrons. The molecule has 32 heavy (non-hydrogen) atoms. The van der Waals surface area contributed by atoms with Gasteiger partial charge in [0, 0.05) is 38.3 Å². The van der Waals surface area contributed by atoms with Gasteiger partial charge in [-0.05, 0) is 17.7 Å². The molecule has 1 aromatic heterocycles. The standard InChI is InChI=1S/C24H25FN4O3/c1-28(16-20-13-21(27-32-20)18-7-3-2-4-8-18)23(30)14-22-24(31)26-10-11-29(22)15-17-6-5-9-19(25)12-17/h2-9,12-13,22H,10-11,14-16H2,1H3,(H,26,31)/t22-/m1/s1. The van der Waals surface area contributed by atoms with E-state index in [0.717, 1.165) is 11.1 Å². The molecule has 1 aliphatic heterocycles. The maximum Gasteiger partial charge on any atom is 0.237 e. The Bertz CT molecular complexity index is 1090. The lowest BCUT2D eigenvalue weighted by molar-refractivity contribution is -0.138. The lowest BCUT2D eigenvalue weighted by Gasteiger charge is -2.35. The van der Waals surface area contributed by atoms with E-state index in [1.807, 2.05) is 47.4 Å². The number of benzene rings is 2. The van der Waals surface area contributed by atoms with Crippen LogP contribution < -0.4 is 5.32 Å². The first-order valence-corrected chi connectivity index (χ1v) is 10.5. The minimum atomic E-state index is -0.614. The largest absolute Gasteiger partial charge is 0.359 e. The van der Waals surface area contributed by atoms with Crippen LogP contribution in [0.3, 0.4) is 0 Å². The van der Waals surface area contributed by atoms with Crippen LogP contribution in [0.15, 0.2) is 65.2 Å². The average Bonchev–Trinajstić information content (AvgIpc) is 3.25. The fraction of sp³-hybridized carbons (Fsp3) is 0.292. The van der Waals surface area contributed by atoms with E-state index < -0.39 is 6.04 Å². The molecule has 1 N–H and O–H groups in total. The second kappa shape index (κ2) is 9.74. The smallest absolute Gasteiger partial charge is 0.237 e. The minimum Gasteiger partial charge on any atom is -0.359 e. The summed E-state index contributed by atoms with van der Waals surface area (Å²) in [5.41, 5.74) is 2.40. The summed E-state index contributed by atoms with van der Waals surface area (Å²) < 4.78 is 18.9. The average molecular weight is 436 g/mol. The zero-order valence-electron chi connectivity index (χ0n) is 17.8. The lowest BCUT2D eigenvalue weighted by Crippen LogP contribution is -2.56. The number of amides is 2. The number of carbonyl (C=O) groups excluding carboxylic acids is 2. The lowest BCUT2D eigenvalue weighted by atomic mass is 10.1. The second-order valence-electron chi connectivity index (χ2n) is 7.91. The number of nitrogens with one attached hydrogen (secondary N) is 1. The predicted octanol–water partition coefficient (Wildman–Crippen LogP) is 2.83. The third kappa shape index (κ3) is 5.20. The van der Waals surface area contributed by atoms with Crippen LogP contribution in [0.5, 0.6) is 0 Å². The van der Waals surface area contributed by atoms with Gasteiger partial charge in [-0.25, -0.2) is 4.39 Å². The quantitative estimate of drug-likeness (QED) is 0.616. The van der Waals surface area contributed by atoms with Crippen molar-refractivity contribution in [3.8, 4) is 11.3 Å². The molecule has 0 radical (unpaired) electrons. The van der Waals surface area contributed by atoms with Crippen LogP contribution in [0.2, 0.25) is 0 Å². The predicted molar refractivity (Wildman–Crippen MR) is 117 cm³/mol. The molecule has 3 aromatic rings. The number of piperazine rings is 1. The summed E-state index contributed by atoms with van der Waals surface area (Å²) in [7, 11) is 1.67. The first-order chi connectivity index (χ1) is 15.5. The van der Waals surface area contributed by atoms with E-state index >= 15 is 0 Å². The first kappa shape index (κ1) is 21.7. The number of hydrogen-bond acceptors (Lipinski definition) is 5. The Balaban J connectivity index is 1.39. The number of rotatable bonds is 7. The Morgan fingerprint density at radius 2 is 2.03 bits per heavy atom.